The number of furan rings is 1. The number of carbonyl (C=O) groups excluding carboxylic acids is 2. The highest BCUT2D eigenvalue weighted by atomic mass is 35.5. The summed E-state index contributed by atoms with van der Waals surface area (Å²) in [5.41, 5.74) is 2.23. The van der Waals surface area contributed by atoms with Gasteiger partial charge in [0.1, 0.15) is 12.3 Å². The lowest BCUT2D eigenvalue weighted by Crippen LogP contribution is -2.46. The van der Waals surface area contributed by atoms with Crippen LogP contribution in [-0.2, 0) is 17.8 Å². The van der Waals surface area contributed by atoms with Gasteiger partial charge in [0.15, 0.2) is 11.5 Å². The quantitative estimate of drug-likeness (QED) is 0.277. The maximum absolute atomic E-state index is 13.9. The standard InChI is InChI=1S/C28H22Cl2N2O5S/c29-18-4-5-20(22(30)13-18)27-21-8-11-38-25(21)7-9-32(27)26(33)15-31(14-19-2-1-10-35-19)28(34)17-3-6-23-24(12-17)37-16-36-23/h1-6,8,10-13,27H,7,9,14-16H2/t27-/m1/s1. The van der Waals surface area contributed by atoms with Gasteiger partial charge < -0.3 is 23.7 Å². The van der Waals surface area contributed by atoms with Gasteiger partial charge in [0.05, 0.1) is 18.8 Å². The Morgan fingerprint density at radius 1 is 1.03 bits per heavy atom. The molecule has 6 rings (SSSR count). The third-order valence-corrected chi connectivity index (χ3v) is 8.26. The topological polar surface area (TPSA) is 72.2 Å². The molecule has 0 saturated carbocycles. The van der Waals surface area contributed by atoms with Gasteiger partial charge in [-0.25, -0.2) is 0 Å². The second kappa shape index (κ2) is 10.4. The van der Waals surface area contributed by atoms with E-state index in [4.69, 9.17) is 37.1 Å². The SMILES string of the molecule is O=C(c1ccc2c(c1)OCO2)N(CC(=O)N1CCc2sccc2[C@H]1c1ccc(Cl)cc1Cl)Cc1ccco1. The molecule has 2 aromatic carbocycles. The fourth-order valence-corrected chi connectivity index (χ4v) is 6.32. The summed E-state index contributed by atoms with van der Waals surface area (Å²) in [5, 5.41) is 3.04. The van der Waals surface area contributed by atoms with Crippen LogP contribution in [0.5, 0.6) is 11.5 Å². The third-order valence-electron chi connectivity index (χ3n) is 6.70. The van der Waals surface area contributed by atoms with Gasteiger partial charge >= 0.3 is 0 Å². The van der Waals surface area contributed by atoms with Crippen LogP contribution in [0.4, 0.5) is 0 Å². The lowest BCUT2D eigenvalue weighted by Gasteiger charge is -2.38. The van der Waals surface area contributed by atoms with E-state index in [1.54, 1.807) is 65.0 Å². The molecule has 7 nitrogen and oxygen atoms in total. The number of carbonyl (C=O) groups is 2. The molecule has 38 heavy (non-hydrogen) atoms. The van der Waals surface area contributed by atoms with Crippen molar-refractivity contribution in [3.05, 3.63) is 104 Å². The normalized spacial score (nSPS) is 15.8. The van der Waals surface area contributed by atoms with Crippen molar-refractivity contribution < 1.29 is 23.5 Å². The molecule has 194 valence electrons. The molecule has 2 aliphatic rings. The van der Waals surface area contributed by atoms with Crippen molar-refractivity contribution in [3.63, 3.8) is 0 Å². The van der Waals surface area contributed by atoms with Gasteiger partial charge in [-0.3, -0.25) is 9.59 Å². The van der Waals surface area contributed by atoms with E-state index in [1.165, 1.54) is 9.78 Å². The monoisotopic (exact) mass is 568 g/mol. The van der Waals surface area contributed by atoms with E-state index in [1.807, 2.05) is 17.5 Å². The van der Waals surface area contributed by atoms with Crippen molar-refractivity contribution >= 4 is 46.4 Å². The van der Waals surface area contributed by atoms with E-state index in [-0.39, 0.29) is 37.7 Å². The van der Waals surface area contributed by atoms with Gasteiger partial charge in [-0.2, -0.15) is 0 Å². The van der Waals surface area contributed by atoms with Gasteiger partial charge in [-0.05, 0) is 71.5 Å². The molecule has 2 aliphatic heterocycles. The Hall–Kier alpha value is -3.46. The minimum absolute atomic E-state index is 0.107. The van der Waals surface area contributed by atoms with Crippen LogP contribution >= 0.6 is 34.5 Å². The van der Waals surface area contributed by atoms with Crippen LogP contribution in [0.2, 0.25) is 10.0 Å². The van der Waals surface area contributed by atoms with Crippen LogP contribution in [0.1, 0.15) is 38.2 Å². The number of fused-ring (bicyclic) bond motifs is 2. The molecule has 2 amide bonds. The number of halogens is 2. The molecule has 0 spiro atoms. The number of hydrogen-bond donors (Lipinski definition) is 0. The van der Waals surface area contributed by atoms with Crippen molar-refractivity contribution in [1.82, 2.24) is 9.80 Å². The van der Waals surface area contributed by atoms with E-state index in [0.29, 0.717) is 39.4 Å². The fraction of sp³-hybridized carbons (Fsp3) is 0.214. The van der Waals surface area contributed by atoms with E-state index in [0.717, 1.165) is 17.5 Å². The van der Waals surface area contributed by atoms with Crippen LogP contribution in [-0.4, -0.2) is 41.5 Å². The molecule has 0 fully saturated rings. The van der Waals surface area contributed by atoms with E-state index < -0.39 is 0 Å². The Morgan fingerprint density at radius 3 is 2.71 bits per heavy atom. The lowest BCUT2D eigenvalue weighted by atomic mass is 9.93. The summed E-state index contributed by atoms with van der Waals surface area (Å²) >= 11 is 14.5. The molecule has 2 aromatic heterocycles. The number of thiophene rings is 1. The van der Waals surface area contributed by atoms with Crippen LogP contribution in [0.15, 0.2) is 70.7 Å². The molecule has 0 unspecified atom stereocenters. The summed E-state index contributed by atoms with van der Waals surface area (Å²) in [5.74, 6) is 1.14. The molecule has 4 aromatic rings. The zero-order valence-electron chi connectivity index (χ0n) is 20.1. The number of rotatable bonds is 6. The third kappa shape index (κ3) is 4.75. The molecule has 10 heteroatoms. The van der Waals surface area contributed by atoms with Crippen LogP contribution in [0.25, 0.3) is 0 Å². The molecule has 0 saturated heterocycles. The Labute approximate surface area is 233 Å². The second-order valence-corrected chi connectivity index (χ2v) is 10.9. The van der Waals surface area contributed by atoms with Crippen molar-refractivity contribution in [2.24, 2.45) is 0 Å². The molecule has 0 aliphatic carbocycles. The highest BCUT2D eigenvalue weighted by Crippen LogP contribution is 2.41. The molecular formula is C28H22Cl2N2O5S. The van der Waals surface area contributed by atoms with Crippen LogP contribution in [0.3, 0.4) is 0 Å². The predicted molar refractivity (Wildman–Crippen MR) is 144 cm³/mol. The zero-order valence-corrected chi connectivity index (χ0v) is 22.4. The first-order chi connectivity index (χ1) is 18.5. The molecule has 0 bridgehead atoms. The van der Waals surface area contributed by atoms with Crippen LogP contribution in [0, 0.1) is 0 Å². The van der Waals surface area contributed by atoms with Gasteiger partial charge in [0.25, 0.3) is 5.91 Å². The lowest BCUT2D eigenvalue weighted by molar-refractivity contribution is -0.134. The average Bonchev–Trinajstić information content (AvgIpc) is 3.69. The van der Waals surface area contributed by atoms with E-state index in [2.05, 4.69) is 0 Å². The van der Waals surface area contributed by atoms with Gasteiger partial charge in [-0.1, -0.05) is 29.3 Å². The van der Waals surface area contributed by atoms with Crippen LogP contribution < -0.4 is 9.47 Å². The fourth-order valence-electron chi connectivity index (χ4n) is 4.90. The Balaban J connectivity index is 1.32. The minimum Gasteiger partial charge on any atom is -0.467 e. The van der Waals surface area contributed by atoms with Gasteiger partial charge in [0, 0.05) is 27.0 Å². The summed E-state index contributed by atoms with van der Waals surface area (Å²) in [4.78, 5) is 32.1. The molecule has 0 N–H and O–H groups in total. The molecular weight excluding hydrogens is 547 g/mol. The van der Waals surface area contributed by atoms with Crippen molar-refractivity contribution in [3.8, 4) is 11.5 Å². The van der Waals surface area contributed by atoms with Crippen molar-refractivity contribution in [2.75, 3.05) is 19.9 Å². The first-order valence-corrected chi connectivity index (χ1v) is 13.6. The van der Waals surface area contributed by atoms with Gasteiger partial charge in [0.2, 0.25) is 12.7 Å². The first kappa shape index (κ1) is 24.9. The minimum atomic E-state index is -0.381. The zero-order chi connectivity index (χ0) is 26.2. The Bertz CT molecular complexity index is 1500. The number of nitrogens with zero attached hydrogens (tertiary/aromatic N) is 2. The Morgan fingerprint density at radius 2 is 1.89 bits per heavy atom. The summed E-state index contributed by atoms with van der Waals surface area (Å²) in [6.07, 6.45) is 2.27. The number of hydrogen-bond acceptors (Lipinski definition) is 6. The van der Waals surface area contributed by atoms with E-state index in [9.17, 15) is 9.59 Å². The number of benzene rings is 2. The van der Waals surface area contributed by atoms with Crippen molar-refractivity contribution in [1.29, 1.82) is 0 Å². The predicted octanol–water partition coefficient (Wildman–Crippen LogP) is 6.19. The Kier molecular flexibility index (Phi) is 6.78. The summed E-state index contributed by atoms with van der Waals surface area (Å²) < 4.78 is 16.3. The van der Waals surface area contributed by atoms with Gasteiger partial charge in [-0.15, -0.1) is 11.3 Å². The largest absolute Gasteiger partial charge is 0.467 e. The molecule has 1 atom stereocenters. The highest BCUT2D eigenvalue weighted by Gasteiger charge is 2.35. The smallest absolute Gasteiger partial charge is 0.254 e. The highest BCUT2D eigenvalue weighted by molar-refractivity contribution is 7.10. The summed E-state index contributed by atoms with van der Waals surface area (Å²) in [6, 6.07) is 15.5. The first-order valence-electron chi connectivity index (χ1n) is 12.0. The van der Waals surface area contributed by atoms with Crippen molar-refractivity contribution in [2.45, 2.75) is 19.0 Å². The molecule has 0 radical (unpaired) electrons. The van der Waals surface area contributed by atoms with E-state index >= 15 is 0 Å². The molecule has 4 heterocycles. The summed E-state index contributed by atoms with van der Waals surface area (Å²) in [6.45, 7) is 0.601. The average molecular weight is 569 g/mol. The maximum Gasteiger partial charge on any atom is 0.254 e. The summed E-state index contributed by atoms with van der Waals surface area (Å²) in [7, 11) is 0. The second-order valence-electron chi connectivity index (χ2n) is 9.01. The number of ether oxygens (including phenoxy) is 2. The number of amides is 2. The maximum atomic E-state index is 13.9.